The van der Waals surface area contributed by atoms with Gasteiger partial charge in [0, 0.05) is 55.0 Å². The summed E-state index contributed by atoms with van der Waals surface area (Å²) in [6, 6.07) is 65.7. The molecular formula is C53H38N4SSi. The second kappa shape index (κ2) is 12.8. The lowest BCUT2D eigenvalue weighted by atomic mass is 9.73. The minimum Gasteiger partial charge on any atom is -0.299 e. The summed E-state index contributed by atoms with van der Waals surface area (Å²) in [5.41, 5.74) is 6.83. The van der Waals surface area contributed by atoms with E-state index in [1.54, 1.807) is 0 Å². The second-order valence-corrected chi connectivity index (χ2v) is 21.1. The molecule has 0 unspecified atom stereocenters. The van der Waals surface area contributed by atoms with Gasteiger partial charge < -0.3 is 0 Å². The molecule has 280 valence electrons. The lowest BCUT2D eigenvalue weighted by Gasteiger charge is -2.43. The fourth-order valence-corrected chi connectivity index (χ4v) is 16.1. The molecule has 0 atom stereocenters. The van der Waals surface area contributed by atoms with Gasteiger partial charge in [-0.3, -0.25) is 9.30 Å². The highest BCUT2D eigenvalue weighted by molar-refractivity contribution is 7.26. The van der Waals surface area contributed by atoms with Crippen LogP contribution in [0.15, 0.2) is 195 Å². The van der Waals surface area contributed by atoms with Crippen molar-refractivity contribution in [3.63, 3.8) is 0 Å². The predicted octanol–water partition coefficient (Wildman–Crippen LogP) is 10.9. The van der Waals surface area contributed by atoms with Crippen molar-refractivity contribution in [2.45, 2.75) is 19.3 Å². The molecule has 11 aromatic rings. The van der Waals surface area contributed by atoms with E-state index in [1.165, 1.54) is 74.2 Å². The number of para-hydroxylation sites is 1. The van der Waals surface area contributed by atoms with Crippen molar-refractivity contribution >= 4 is 105 Å². The van der Waals surface area contributed by atoms with Crippen molar-refractivity contribution in [3.05, 3.63) is 206 Å². The van der Waals surface area contributed by atoms with Crippen molar-refractivity contribution in [2.24, 2.45) is 0 Å². The van der Waals surface area contributed by atoms with Crippen LogP contribution in [-0.4, -0.2) is 22.4 Å². The maximum atomic E-state index is 5.10. The van der Waals surface area contributed by atoms with E-state index < -0.39 is 8.07 Å². The molecule has 0 radical (unpaired) electrons. The van der Waals surface area contributed by atoms with Crippen molar-refractivity contribution < 1.29 is 0 Å². The van der Waals surface area contributed by atoms with Gasteiger partial charge in [-0.15, -0.1) is 11.3 Å². The van der Waals surface area contributed by atoms with Crippen LogP contribution in [0.4, 0.5) is 17.2 Å². The molecule has 12 rings (SSSR count). The summed E-state index contributed by atoms with van der Waals surface area (Å²) in [5, 5.41) is 11.5. The maximum Gasteiger partial charge on any atom is 0.179 e. The third-order valence-corrected chi connectivity index (χ3v) is 18.7. The maximum absolute atomic E-state index is 5.10. The van der Waals surface area contributed by atoms with Crippen molar-refractivity contribution in [3.8, 4) is 0 Å². The SMILES string of the molecule is CC1(C)c2ccc([Si](c3ccccc3)(c3ccccc3)c3ccc4c5ccccc5n5ccnc5c4c3)cc2N(c2ccccn2)c2c1ccc1sc3ccccc3c21. The summed E-state index contributed by atoms with van der Waals surface area (Å²) < 4.78 is 4.82. The summed E-state index contributed by atoms with van der Waals surface area (Å²) in [5.74, 6) is 0.913. The van der Waals surface area contributed by atoms with E-state index in [0.717, 1.165) is 22.4 Å². The highest BCUT2D eigenvalue weighted by atomic mass is 32.1. The van der Waals surface area contributed by atoms with Crippen LogP contribution < -0.4 is 25.6 Å². The number of nitrogens with zero attached hydrogens (tertiary/aromatic N) is 4. The highest BCUT2D eigenvalue weighted by Gasteiger charge is 2.45. The van der Waals surface area contributed by atoms with Crippen LogP contribution in [0.3, 0.4) is 0 Å². The third kappa shape index (κ3) is 4.81. The van der Waals surface area contributed by atoms with E-state index in [1.807, 2.05) is 29.8 Å². The Bertz CT molecular complexity index is 3390. The van der Waals surface area contributed by atoms with Crippen LogP contribution in [0.2, 0.25) is 0 Å². The number of pyridine rings is 2. The van der Waals surface area contributed by atoms with Gasteiger partial charge in [-0.05, 0) is 73.7 Å². The molecule has 0 saturated carbocycles. The number of imidazole rings is 1. The van der Waals surface area contributed by atoms with Crippen molar-refractivity contribution in [1.82, 2.24) is 14.4 Å². The van der Waals surface area contributed by atoms with Gasteiger partial charge in [-0.25, -0.2) is 9.97 Å². The van der Waals surface area contributed by atoms with Crippen LogP contribution in [0.5, 0.6) is 0 Å². The first-order valence-corrected chi connectivity index (χ1v) is 23.0. The van der Waals surface area contributed by atoms with Gasteiger partial charge in [0.05, 0.1) is 16.9 Å². The van der Waals surface area contributed by atoms with Gasteiger partial charge in [0.25, 0.3) is 0 Å². The molecule has 0 spiro atoms. The van der Waals surface area contributed by atoms with Gasteiger partial charge in [0.1, 0.15) is 11.5 Å². The standard InChI is InChI=1S/C53H38N4SSi/c1-53(2)43-27-25-38(34-46(43)57(49-23-13-14-30-54-49)51-44(53)28-29-48-50(51)41-20-10-12-22-47(41)58-48)59(35-15-5-3-6-16-35,36-17-7-4-8-18-36)37-24-26-39-40-19-9-11-21-45(40)56-32-31-55-52(56)42(39)33-37/h3-34H,1-2H3. The molecule has 0 fully saturated rings. The van der Waals surface area contributed by atoms with E-state index in [-0.39, 0.29) is 5.41 Å². The smallest absolute Gasteiger partial charge is 0.179 e. The average Bonchev–Trinajstić information content (AvgIpc) is 3.94. The van der Waals surface area contributed by atoms with Gasteiger partial charge in [-0.2, -0.15) is 0 Å². The molecule has 0 bridgehead atoms. The number of aromatic nitrogens is 3. The van der Waals surface area contributed by atoms with Gasteiger partial charge in [0.2, 0.25) is 0 Å². The number of rotatable bonds is 5. The topological polar surface area (TPSA) is 33.4 Å². The van der Waals surface area contributed by atoms with Gasteiger partial charge in [0.15, 0.2) is 8.07 Å². The van der Waals surface area contributed by atoms with Crippen LogP contribution in [-0.2, 0) is 5.41 Å². The Balaban J connectivity index is 1.21. The fourth-order valence-electron chi connectivity index (χ4n) is 10.2. The molecule has 1 aliphatic rings. The quantitative estimate of drug-likeness (QED) is 0.0989. The van der Waals surface area contributed by atoms with Gasteiger partial charge in [-0.1, -0.05) is 153 Å². The normalized spacial score (nSPS) is 13.7. The zero-order valence-electron chi connectivity index (χ0n) is 32.7. The minimum absolute atomic E-state index is 0.286. The molecule has 59 heavy (non-hydrogen) atoms. The molecule has 0 aliphatic carbocycles. The Labute approximate surface area is 347 Å². The number of anilines is 3. The highest BCUT2D eigenvalue weighted by Crippen LogP contribution is 2.55. The number of hydrogen-bond donors (Lipinski definition) is 0. The number of fused-ring (bicyclic) bond motifs is 12. The first kappa shape index (κ1) is 34.2. The Morgan fingerprint density at radius 1 is 0.508 bits per heavy atom. The Hall–Kier alpha value is -6.86. The van der Waals surface area contributed by atoms with E-state index in [0.29, 0.717) is 0 Å². The molecule has 6 heteroatoms. The molecule has 4 nitrogen and oxygen atoms in total. The summed E-state index contributed by atoms with van der Waals surface area (Å²) in [6.45, 7) is 4.78. The first-order chi connectivity index (χ1) is 29.0. The third-order valence-electron chi connectivity index (χ3n) is 12.8. The molecule has 0 amide bonds. The first-order valence-electron chi connectivity index (χ1n) is 20.2. The molecular weight excluding hydrogens is 753 g/mol. The number of benzene rings is 7. The lowest BCUT2D eigenvalue weighted by Crippen LogP contribution is -2.74. The van der Waals surface area contributed by atoms with Crippen molar-refractivity contribution in [2.75, 3.05) is 4.90 Å². The molecule has 0 saturated heterocycles. The molecule has 1 aliphatic heterocycles. The molecule has 7 aromatic carbocycles. The zero-order chi connectivity index (χ0) is 39.3. The molecule has 0 N–H and O–H groups in total. The van der Waals surface area contributed by atoms with Crippen molar-refractivity contribution in [1.29, 1.82) is 0 Å². The van der Waals surface area contributed by atoms with Gasteiger partial charge >= 0.3 is 0 Å². The second-order valence-electron chi connectivity index (χ2n) is 16.2. The summed E-state index contributed by atoms with van der Waals surface area (Å²) in [6.07, 6.45) is 5.94. The summed E-state index contributed by atoms with van der Waals surface area (Å²) in [4.78, 5) is 12.6. The minimum atomic E-state index is -3.05. The zero-order valence-corrected chi connectivity index (χ0v) is 34.5. The predicted molar refractivity (Wildman–Crippen MR) is 251 cm³/mol. The van der Waals surface area contributed by atoms with E-state index in [4.69, 9.17) is 9.97 Å². The van der Waals surface area contributed by atoms with E-state index in [9.17, 15) is 0 Å². The van der Waals surface area contributed by atoms with Crippen LogP contribution in [0.1, 0.15) is 25.0 Å². The lowest BCUT2D eigenvalue weighted by molar-refractivity contribution is 0.633. The molecule has 4 aromatic heterocycles. The largest absolute Gasteiger partial charge is 0.299 e. The number of hydrogen-bond acceptors (Lipinski definition) is 4. The van der Waals surface area contributed by atoms with Crippen LogP contribution in [0, 0.1) is 0 Å². The monoisotopic (exact) mass is 790 g/mol. The summed E-state index contributed by atoms with van der Waals surface area (Å²) in [7, 11) is -3.05. The van der Waals surface area contributed by atoms with E-state index >= 15 is 0 Å². The Kier molecular flexibility index (Phi) is 7.43. The summed E-state index contributed by atoms with van der Waals surface area (Å²) >= 11 is 1.87. The van der Waals surface area contributed by atoms with Crippen LogP contribution >= 0.6 is 11.3 Å². The Morgan fingerprint density at radius 3 is 1.97 bits per heavy atom. The average molecular weight is 791 g/mol. The Morgan fingerprint density at radius 2 is 1.19 bits per heavy atom. The van der Waals surface area contributed by atoms with Crippen LogP contribution in [0.25, 0.3) is 47.5 Å². The molecule has 5 heterocycles. The van der Waals surface area contributed by atoms with E-state index in [2.05, 4.69) is 199 Å². The number of thiophene rings is 1. The fraction of sp³-hybridized carbons (Fsp3) is 0.0566.